The van der Waals surface area contributed by atoms with Crippen molar-refractivity contribution >= 4 is 28.4 Å². The zero-order valence-corrected chi connectivity index (χ0v) is 13.7. The van der Waals surface area contributed by atoms with E-state index in [1.165, 1.54) is 17.8 Å². The number of nitrogens with one attached hydrogen (secondary N) is 1. The van der Waals surface area contributed by atoms with Gasteiger partial charge in [-0.2, -0.15) is 0 Å². The molecule has 0 spiro atoms. The lowest BCUT2D eigenvalue weighted by atomic mass is 10.0. The van der Waals surface area contributed by atoms with Crippen LogP contribution in [0.2, 0.25) is 0 Å². The summed E-state index contributed by atoms with van der Waals surface area (Å²) in [6, 6.07) is -0.103. The van der Waals surface area contributed by atoms with Gasteiger partial charge in [-0.15, -0.1) is 11.3 Å². The Kier molecular flexibility index (Phi) is 4.61. The second-order valence-electron chi connectivity index (χ2n) is 6.10. The number of hydrogen-bond donors (Lipinski definition) is 1. The van der Waals surface area contributed by atoms with Gasteiger partial charge in [0.2, 0.25) is 5.91 Å². The van der Waals surface area contributed by atoms with E-state index in [9.17, 15) is 9.59 Å². The molecule has 7 heteroatoms. The predicted octanol–water partition coefficient (Wildman–Crippen LogP) is 1.86. The van der Waals surface area contributed by atoms with Crippen LogP contribution in [0.3, 0.4) is 0 Å². The van der Waals surface area contributed by atoms with Gasteiger partial charge in [0.05, 0.1) is 12.1 Å². The van der Waals surface area contributed by atoms with E-state index in [0.29, 0.717) is 30.6 Å². The van der Waals surface area contributed by atoms with Crippen LogP contribution in [-0.2, 0) is 11.2 Å². The Balaban J connectivity index is 1.59. The number of likely N-dealkylation sites (tertiary alicyclic amines) is 1. The fourth-order valence-corrected chi connectivity index (χ4v) is 3.78. The summed E-state index contributed by atoms with van der Waals surface area (Å²) < 4.78 is 0. The van der Waals surface area contributed by atoms with Gasteiger partial charge in [0.1, 0.15) is 0 Å². The highest BCUT2D eigenvalue weighted by molar-refractivity contribution is 7.14. The molecule has 3 rings (SSSR count). The molecule has 2 fully saturated rings. The number of urea groups is 1. The van der Waals surface area contributed by atoms with Gasteiger partial charge in [-0.3, -0.25) is 9.69 Å². The molecular formula is C15H22N4O2S. The number of aromatic nitrogens is 1. The van der Waals surface area contributed by atoms with Gasteiger partial charge in [0.25, 0.3) is 0 Å². The highest BCUT2D eigenvalue weighted by atomic mass is 32.1. The largest absolute Gasteiger partial charge is 0.342 e. The van der Waals surface area contributed by atoms with Gasteiger partial charge in [-0.25, -0.2) is 9.78 Å². The number of hydrogen-bond acceptors (Lipinski definition) is 4. The van der Waals surface area contributed by atoms with E-state index in [-0.39, 0.29) is 11.9 Å². The van der Waals surface area contributed by atoms with Gasteiger partial charge >= 0.3 is 6.03 Å². The standard InChI is InChI=1S/C15H22N4O2S/c1-11-3-2-6-18(7-4-11)13(20)9-12-10-22-15(17-12)19-8-5-16-14(19)21/h10-11H,2-9H2,1H3,(H,16,21). The summed E-state index contributed by atoms with van der Waals surface area (Å²) in [6.07, 6.45) is 3.71. The third kappa shape index (κ3) is 3.40. The van der Waals surface area contributed by atoms with Crippen LogP contribution >= 0.6 is 11.3 Å². The predicted molar refractivity (Wildman–Crippen MR) is 86.2 cm³/mol. The molecule has 0 radical (unpaired) electrons. The fourth-order valence-electron chi connectivity index (χ4n) is 2.93. The van der Waals surface area contributed by atoms with Crippen molar-refractivity contribution in [1.29, 1.82) is 0 Å². The van der Waals surface area contributed by atoms with Crippen LogP contribution in [0, 0.1) is 5.92 Å². The van der Waals surface area contributed by atoms with Crippen molar-refractivity contribution in [3.8, 4) is 0 Å². The highest BCUT2D eigenvalue weighted by Crippen LogP contribution is 2.23. The van der Waals surface area contributed by atoms with E-state index in [1.54, 1.807) is 4.90 Å². The molecule has 2 saturated heterocycles. The Bertz CT molecular complexity index is 559. The van der Waals surface area contributed by atoms with Gasteiger partial charge in [-0.1, -0.05) is 6.92 Å². The summed E-state index contributed by atoms with van der Waals surface area (Å²) in [4.78, 5) is 32.1. The van der Waals surface area contributed by atoms with E-state index < -0.39 is 0 Å². The average Bonchev–Trinajstić information content (AvgIpc) is 3.05. The number of nitrogens with zero attached hydrogens (tertiary/aromatic N) is 3. The number of amides is 3. The monoisotopic (exact) mass is 322 g/mol. The molecule has 1 N–H and O–H groups in total. The van der Waals surface area contributed by atoms with Crippen molar-refractivity contribution < 1.29 is 9.59 Å². The summed E-state index contributed by atoms with van der Waals surface area (Å²) in [5.41, 5.74) is 0.766. The minimum Gasteiger partial charge on any atom is -0.342 e. The number of carbonyl (C=O) groups is 2. The molecule has 2 aliphatic rings. The van der Waals surface area contributed by atoms with Gasteiger partial charge in [0, 0.05) is 31.6 Å². The highest BCUT2D eigenvalue weighted by Gasteiger charge is 2.25. The summed E-state index contributed by atoms with van der Waals surface area (Å²) in [7, 11) is 0. The zero-order valence-electron chi connectivity index (χ0n) is 12.9. The van der Waals surface area contributed by atoms with E-state index in [1.807, 2.05) is 10.3 Å². The zero-order chi connectivity index (χ0) is 15.5. The summed E-state index contributed by atoms with van der Waals surface area (Å²) in [5, 5.41) is 5.33. The maximum atomic E-state index is 12.4. The number of anilines is 1. The second kappa shape index (κ2) is 6.64. The maximum Gasteiger partial charge on any atom is 0.323 e. The lowest BCUT2D eigenvalue weighted by Gasteiger charge is -2.20. The maximum absolute atomic E-state index is 12.4. The Morgan fingerprint density at radius 3 is 3.05 bits per heavy atom. The first-order valence-corrected chi connectivity index (χ1v) is 8.79. The molecule has 1 unspecified atom stereocenters. The Labute approximate surface area is 134 Å². The Morgan fingerprint density at radius 2 is 2.27 bits per heavy atom. The van der Waals surface area contributed by atoms with Gasteiger partial charge < -0.3 is 10.2 Å². The van der Waals surface area contributed by atoms with Crippen molar-refractivity contribution in [3.05, 3.63) is 11.1 Å². The third-order valence-corrected chi connectivity index (χ3v) is 5.24. The smallest absolute Gasteiger partial charge is 0.323 e. The van der Waals surface area contributed by atoms with Crippen molar-refractivity contribution in [2.24, 2.45) is 5.92 Å². The van der Waals surface area contributed by atoms with Crippen LogP contribution in [0.5, 0.6) is 0 Å². The molecule has 120 valence electrons. The normalized spacial score (nSPS) is 22.6. The van der Waals surface area contributed by atoms with Crippen molar-refractivity contribution in [3.63, 3.8) is 0 Å². The number of carbonyl (C=O) groups excluding carboxylic acids is 2. The van der Waals surface area contributed by atoms with Crippen molar-refractivity contribution in [1.82, 2.24) is 15.2 Å². The lowest BCUT2D eigenvalue weighted by molar-refractivity contribution is -0.130. The van der Waals surface area contributed by atoms with Crippen LogP contribution in [0.4, 0.5) is 9.93 Å². The first kappa shape index (κ1) is 15.3. The number of thiazole rings is 1. The molecule has 0 saturated carbocycles. The van der Waals surface area contributed by atoms with E-state index in [2.05, 4.69) is 17.2 Å². The molecule has 2 aliphatic heterocycles. The SMILES string of the molecule is CC1CCCN(C(=O)Cc2csc(N3CCNC3=O)n2)CC1. The molecule has 3 heterocycles. The molecule has 0 aliphatic carbocycles. The number of rotatable bonds is 3. The minimum absolute atomic E-state index is 0.103. The quantitative estimate of drug-likeness (QED) is 0.924. The first-order chi connectivity index (χ1) is 10.6. The van der Waals surface area contributed by atoms with Crippen molar-refractivity contribution in [2.75, 3.05) is 31.1 Å². The van der Waals surface area contributed by atoms with E-state index in [0.717, 1.165) is 31.6 Å². The molecule has 3 amide bonds. The molecule has 0 bridgehead atoms. The minimum atomic E-state index is -0.103. The van der Waals surface area contributed by atoms with Crippen LogP contribution in [0.25, 0.3) is 0 Å². The Morgan fingerprint density at radius 1 is 1.41 bits per heavy atom. The van der Waals surface area contributed by atoms with Crippen LogP contribution < -0.4 is 10.2 Å². The average molecular weight is 322 g/mol. The summed E-state index contributed by atoms with van der Waals surface area (Å²) in [5.74, 6) is 0.856. The van der Waals surface area contributed by atoms with Crippen LogP contribution in [-0.4, -0.2) is 48.0 Å². The topological polar surface area (TPSA) is 65.5 Å². The molecule has 1 aromatic heterocycles. The van der Waals surface area contributed by atoms with Crippen LogP contribution in [0.15, 0.2) is 5.38 Å². The van der Waals surface area contributed by atoms with E-state index >= 15 is 0 Å². The van der Waals surface area contributed by atoms with E-state index in [4.69, 9.17) is 0 Å². The van der Waals surface area contributed by atoms with Gasteiger partial charge in [0.15, 0.2) is 5.13 Å². The molecule has 22 heavy (non-hydrogen) atoms. The Hall–Kier alpha value is -1.63. The molecule has 1 aromatic rings. The van der Waals surface area contributed by atoms with Crippen molar-refractivity contribution in [2.45, 2.75) is 32.6 Å². The van der Waals surface area contributed by atoms with Crippen LogP contribution in [0.1, 0.15) is 31.9 Å². The lowest BCUT2D eigenvalue weighted by Crippen LogP contribution is -2.33. The first-order valence-electron chi connectivity index (χ1n) is 7.91. The third-order valence-electron chi connectivity index (χ3n) is 4.33. The summed E-state index contributed by atoms with van der Waals surface area (Å²) in [6.45, 7) is 5.25. The molecular weight excluding hydrogens is 300 g/mol. The molecule has 6 nitrogen and oxygen atoms in total. The summed E-state index contributed by atoms with van der Waals surface area (Å²) >= 11 is 1.43. The second-order valence-corrected chi connectivity index (χ2v) is 6.94. The molecule has 1 atom stereocenters. The fraction of sp³-hybridized carbons (Fsp3) is 0.667. The van der Waals surface area contributed by atoms with Gasteiger partial charge in [-0.05, 0) is 25.2 Å². The molecule has 0 aromatic carbocycles.